The van der Waals surface area contributed by atoms with Gasteiger partial charge in [0, 0.05) is 25.7 Å². The molecular weight excluding hydrogens is 269 g/mol. The summed E-state index contributed by atoms with van der Waals surface area (Å²) in [6, 6.07) is 4.86. The number of nitriles is 1. The standard InChI is InChI=1S/C12H14FN3O2S/c1-2-16(10-7-15-8-10)19(17,18)11-3-4-12(13)9(5-11)6-14/h3-5,10,15H,2,7-8H2,1H3. The maximum atomic E-state index is 13.2. The monoisotopic (exact) mass is 283 g/mol. The minimum atomic E-state index is -3.69. The van der Waals surface area contributed by atoms with Gasteiger partial charge >= 0.3 is 0 Å². The van der Waals surface area contributed by atoms with Crippen LogP contribution >= 0.6 is 0 Å². The van der Waals surface area contributed by atoms with Gasteiger partial charge in [-0.2, -0.15) is 9.57 Å². The number of benzene rings is 1. The first-order valence-corrected chi connectivity index (χ1v) is 7.37. The van der Waals surface area contributed by atoms with Crippen LogP contribution in [-0.4, -0.2) is 38.4 Å². The molecule has 1 fully saturated rings. The summed E-state index contributed by atoms with van der Waals surface area (Å²) < 4.78 is 39.5. The van der Waals surface area contributed by atoms with E-state index in [1.54, 1.807) is 13.0 Å². The average molecular weight is 283 g/mol. The fraction of sp³-hybridized carbons (Fsp3) is 0.417. The molecular formula is C12H14FN3O2S. The van der Waals surface area contributed by atoms with Crippen molar-refractivity contribution < 1.29 is 12.8 Å². The Kier molecular flexibility index (Phi) is 3.85. The minimum Gasteiger partial charge on any atom is -0.313 e. The van der Waals surface area contributed by atoms with Gasteiger partial charge in [-0.05, 0) is 18.2 Å². The summed E-state index contributed by atoms with van der Waals surface area (Å²) in [4.78, 5) is -0.0424. The Morgan fingerprint density at radius 2 is 2.21 bits per heavy atom. The molecule has 1 heterocycles. The molecule has 1 aromatic rings. The van der Waals surface area contributed by atoms with E-state index in [2.05, 4.69) is 5.32 Å². The van der Waals surface area contributed by atoms with Crippen LogP contribution in [0.1, 0.15) is 12.5 Å². The van der Waals surface area contributed by atoms with E-state index in [1.807, 2.05) is 0 Å². The Balaban J connectivity index is 2.41. The van der Waals surface area contributed by atoms with E-state index in [-0.39, 0.29) is 16.5 Å². The summed E-state index contributed by atoms with van der Waals surface area (Å²) >= 11 is 0. The van der Waals surface area contributed by atoms with Crippen LogP contribution < -0.4 is 5.32 Å². The Bertz CT molecular complexity index is 620. The lowest BCUT2D eigenvalue weighted by Crippen LogP contribution is -2.58. The molecule has 1 saturated heterocycles. The van der Waals surface area contributed by atoms with Crippen LogP contribution in [0, 0.1) is 17.1 Å². The van der Waals surface area contributed by atoms with Gasteiger partial charge in [-0.25, -0.2) is 12.8 Å². The van der Waals surface area contributed by atoms with Crippen LogP contribution in [0.15, 0.2) is 23.1 Å². The van der Waals surface area contributed by atoms with E-state index in [1.165, 1.54) is 10.4 Å². The van der Waals surface area contributed by atoms with Gasteiger partial charge in [0.05, 0.1) is 10.5 Å². The van der Waals surface area contributed by atoms with E-state index >= 15 is 0 Å². The van der Waals surface area contributed by atoms with Crippen LogP contribution in [0.3, 0.4) is 0 Å². The molecule has 0 atom stereocenters. The Morgan fingerprint density at radius 3 is 2.68 bits per heavy atom. The highest BCUT2D eigenvalue weighted by Crippen LogP contribution is 2.21. The number of hydrogen-bond donors (Lipinski definition) is 1. The Morgan fingerprint density at radius 1 is 1.53 bits per heavy atom. The number of sulfonamides is 1. The van der Waals surface area contributed by atoms with Crippen molar-refractivity contribution in [3.8, 4) is 6.07 Å². The van der Waals surface area contributed by atoms with Gasteiger partial charge in [0.15, 0.2) is 0 Å². The van der Waals surface area contributed by atoms with Crippen molar-refractivity contribution in [2.45, 2.75) is 17.9 Å². The lowest BCUT2D eigenvalue weighted by molar-refractivity contribution is 0.249. The van der Waals surface area contributed by atoms with Crippen molar-refractivity contribution in [3.63, 3.8) is 0 Å². The SMILES string of the molecule is CCN(C1CNC1)S(=O)(=O)c1ccc(F)c(C#N)c1. The molecule has 0 amide bonds. The molecule has 1 aliphatic heterocycles. The summed E-state index contributed by atoms with van der Waals surface area (Å²) in [5, 5.41) is 11.8. The molecule has 2 rings (SSSR count). The molecule has 0 bridgehead atoms. The predicted octanol–water partition coefficient (Wildman–Crippen LogP) is 0.680. The molecule has 0 radical (unpaired) electrons. The summed E-state index contributed by atoms with van der Waals surface area (Å²) in [5.74, 6) is -0.713. The molecule has 0 saturated carbocycles. The Hall–Kier alpha value is -1.49. The van der Waals surface area contributed by atoms with Crippen LogP contribution in [0.25, 0.3) is 0 Å². The fourth-order valence-electron chi connectivity index (χ4n) is 1.99. The number of likely N-dealkylation sites (N-methyl/N-ethyl adjacent to an activating group) is 1. The lowest BCUT2D eigenvalue weighted by atomic mass is 10.2. The maximum Gasteiger partial charge on any atom is 0.243 e. The van der Waals surface area contributed by atoms with Gasteiger partial charge in [0.25, 0.3) is 0 Å². The third kappa shape index (κ3) is 2.47. The number of rotatable bonds is 4. The molecule has 19 heavy (non-hydrogen) atoms. The van der Waals surface area contributed by atoms with Gasteiger partial charge in [0.1, 0.15) is 11.9 Å². The second-order valence-electron chi connectivity index (χ2n) is 4.27. The largest absolute Gasteiger partial charge is 0.313 e. The first kappa shape index (κ1) is 13.9. The second-order valence-corrected chi connectivity index (χ2v) is 6.16. The smallest absolute Gasteiger partial charge is 0.243 e. The average Bonchev–Trinajstić information content (AvgIpc) is 2.33. The molecule has 1 aliphatic rings. The Labute approximate surface area is 111 Å². The van der Waals surface area contributed by atoms with Gasteiger partial charge in [0.2, 0.25) is 10.0 Å². The third-order valence-electron chi connectivity index (χ3n) is 3.14. The number of hydrogen-bond acceptors (Lipinski definition) is 4. The van der Waals surface area contributed by atoms with Crippen molar-refractivity contribution in [1.29, 1.82) is 5.26 Å². The van der Waals surface area contributed by atoms with Crippen molar-refractivity contribution in [2.24, 2.45) is 0 Å². The normalized spacial score (nSPS) is 16.1. The van der Waals surface area contributed by atoms with Crippen molar-refractivity contribution in [2.75, 3.05) is 19.6 Å². The highest BCUT2D eigenvalue weighted by Gasteiger charge is 2.33. The number of nitrogens with one attached hydrogen (secondary N) is 1. The molecule has 102 valence electrons. The molecule has 0 unspecified atom stereocenters. The van der Waals surface area contributed by atoms with Crippen LogP contribution in [0.5, 0.6) is 0 Å². The molecule has 1 aromatic carbocycles. The molecule has 1 N–H and O–H groups in total. The summed E-state index contributed by atoms with van der Waals surface area (Å²) in [5.41, 5.74) is -0.260. The highest BCUT2D eigenvalue weighted by atomic mass is 32.2. The minimum absolute atomic E-state index is 0.0424. The van der Waals surface area contributed by atoms with Gasteiger partial charge in [-0.15, -0.1) is 0 Å². The van der Waals surface area contributed by atoms with E-state index in [0.717, 1.165) is 12.1 Å². The topological polar surface area (TPSA) is 73.2 Å². The summed E-state index contributed by atoms with van der Waals surface area (Å²) in [6.45, 7) is 3.32. The number of halogens is 1. The van der Waals surface area contributed by atoms with E-state index in [9.17, 15) is 12.8 Å². The van der Waals surface area contributed by atoms with Crippen LogP contribution in [-0.2, 0) is 10.0 Å². The molecule has 0 spiro atoms. The third-order valence-corrected chi connectivity index (χ3v) is 5.17. The van der Waals surface area contributed by atoms with E-state index in [0.29, 0.717) is 19.6 Å². The van der Waals surface area contributed by atoms with E-state index < -0.39 is 15.8 Å². The molecule has 7 heteroatoms. The lowest BCUT2D eigenvalue weighted by Gasteiger charge is -2.36. The first-order chi connectivity index (χ1) is 9.00. The van der Waals surface area contributed by atoms with Crippen molar-refractivity contribution in [1.82, 2.24) is 9.62 Å². The highest BCUT2D eigenvalue weighted by molar-refractivity contribution is 7.89. The second kappa shape index (κ2) is 5.25. The summed E-state index contributed by atoms with van der Waals surface area (Å²) in [6.07, 6.45) is 0. The predicted molar refractivity (Wildman–Crippen MR) is 67.3 cm³/mol. The van der Waals surface area contributed by atoms with Gasteiger partial charge in [-0.3, -0.25) is 0 Å². The molecule has 5 nitrogen and oxygen atoms in total. The quantitative estimate of drug-likeness (QED) is 0.882. The van der Waals surface area contributed by atoms with Gasteiger partial charge in [-0.1, -0.05) is 6.92 Å². The van der Waals surface area contributed by atoms with Crippen LogP contribution in [0.2, 0.25) is 0 Å². The maximum absolute atomic E-state index is 13.2. The van der Waals surface area contributed by atoms with Crippen LogP contribution in [0.4, 0.5) is 4.39 Å². The first-order valence-electron chi connectivity index (χ1n) is 5.93. The van der Waals surface area contributed by atoms with E-state index in [4.69, 9.17) is 5.26 Å². The van der Waals surface area contributed by atoms with Crippen molar-refractivity contribution in [3.05, 3.63) is 29.6 Å². The van der Waals surface area contributed by atoms with Crippen molar-refractivity contribution >= 4 is 10.0 Å². The summed E-state index contributed by atoms with van der Waals surface area (Å²) in [7, 11) is -3.69. The molecule has 0 aromatic heterocycles. The zero-order valence-electron chi connectivity index (χ0n) is 10.4. The van der Waals surface area contributed by atoms with Gasteiger partial charge < -0.3 is 5.32 Å². The zero-order chi connectivity index (χ0) is 14.0. The molecule has 0 aliphatic carbocycles. The zero-order valence-corrected chi connectivity index (χ0v) is 11.2. The fourth-order valence-corrected chi connectivity index (χ4v) is 3.65. The number of nitrogens with zero attached hydrogens (tertiary/aromatic N) is 2.